The number of allylic oxidation sites excluding steroid dienone is 1. The first-order chi connectivity index (χ1) is 13.4. The summed E-state index contributed by atoms with van der Waals surface area (Å²) in [6, 6.07) is 12.5. The van der Waals surface area contributed by atoms with Gasteiger partial charge in [-0.2, -0.15) is 0 Å². The van der Waals surface area contributed by atoms with Crippen molar-refractivity contribution in [2.75, 3.05) is 18.0 Å². The summed E-state index contributed by atoms with van der Waals surface area (Å²) in [7, 11) is 0. The van der Waals surface area contributed by atoms with E-state index in [0.717, 1.165) is 5.56 Å². The first kappa shape index (κ1) is 19.3. The molecule has 0 unspecified atom stereocenters. The average Bonchev–Trinajstić information content (AvgIpc) is 3.05. The van der Waals surface area contributed by atoms with Crippen molar-refractivity contribution in [2.24, 2.45) is 0 Å². The fourth-order valence-electron chi connectivity index (χ4n) is 2.77. The molecule has 28 heavy (non-hydrogen) atoms. The van der Waals surface area contributed by atoms with Gasteiger partial charge < -0.3 is 10.1 Å². The number of ketones is 1. The Bertz CT molecular complexity index is 924. The van der Waals surface area contributed by atoms with Gasteiger partial charge in [0.25, 0.3) is 0 Å². The smallest absolute Gasteiger partial charge is 0.414 e. The third-order valence-electron chi connectivity index (χ3n) is 4.19. The lowest BCUT2D eigenvalue weighted by Crippen LogP contribution is -2.33. The number of halogens is 1. The summed E-state index contributed by atoms with van der Waals surface area (Å²) in [6.07, 6.45) is 2.12. The highest BCUT2D eigenvalue weighted by Crippen LogP contribution is 2.22. The maximum absolute atomic E-state index is 13.2. The number of hydrogen-bond donors (Lipinski definition) is 1. The molecule has 2 aromatic carbocycles. The van der Waals surface area contributed by atoms with E-state index >= 15 is 0 Å². The number of rotatable bonds is 6. The number of benzene rings is 2. The first-order valence-electron chi connectivity index (χ1n) is 8.73. The molecule has 144 valence electrons. The molecule has 1 N–H and O–H groups in total. The maximum Gasteiger partial charge on any atom is 0.414 e. The van der Waals surface area contributed by atoms with Crippen molar-refractivity contribution in [1.29, 1.82) is 0 Å². The van der Waals surface area contributed by atoms with Crippen LogP contribution in [-0.4, -0.2) is 37.0 Å². The van der Waals surface area contributed by atoms with Crippen molar-refractivity contribution in [3.63, 3.8) is 0 Å². The summed E-state index contributed by atoms with van der Waals surface area (Å²) in [6.45, 7) is 2.01. The molecule has 0 spiro atoms. The van der Waals surface area contributed by atoms with Crippen LogP contribution in [0.1, 0.15) is 22.8 Å². The Morgan fingerprint density at radius 1 is 1.25 bits per heavy atom. The van der Waals surface area contributed by atoms with Crippen molar-refractivity contribution >= 4 is 29.5 Å². The van der Waals surface area contributed by atoms with Crippen molar-refractivity contribution < 1.29 is 23.5 Å². The van der Waals surface area contributed by atoms with Gasteiger partial charge in [-0.25, -0.2) is 9.18 Å². The number of nitrogens with zero attached hydrogens (tertiary/aromatic N) is 1. The Balaban J connectivity index is 1.62. The van der Waals surface area contributed by atoms with E-state index in [0.29, 0.717) is 12.2 Å². The Hall–Kier alpha value is -3.48. The monoisotopic (exact) mass is 382 g/mol. The van der Waals surface area contributed by atoms with Gasteiger partial charge >= 0.3 is 6.09 Å². The predicted octanol–water partition coefficient (Wildman–Crippen LogP) is 3.18. The summed E-state index contributed by atoms with van der Waals surface area (Å²) in [4.78, 5) is 36.6. The topological polar surface area (TPSA) is 75.7 Å². The zero-order valence-electron chi connectivity index (χ0n) is 15.2. The zero-order chi connectivity index (χ0) is 20.1. The number of nitrogens with one attached hydrogen (secondary N) is 1. The van der Waals surface area contributed by atoms with Gasteiger partial charge in [-0.1, -0.05) is 30.3 Å². The highest BCUT2D eigenvalue weighted by molar-refractivity contribution is 6.06. The van der Waals surface area contributed by atoms with E-state index in [-0.39, 0.29) is 23.8 Å². The molecule has 0 aliphatic carbocycles. The fourth-order valence-corrected chi connectivity index (χ4v) is 2.77. The molecule has 3 rings (SSSR count). The van der Waals surface area contributed by atoms with Gasteiger partial charge in [-0.3, -0.25) is 14.5 Å². The molecule has 1 aliphatic heterocycles. The molecule has 2 aromatic rings. The van der Waals surface area contributed by atoms with Crippen LogP contribution >= 0.6 is 0 Å². The van der Waals surface area contributed by atoms with E-state index < -0.39 is 18.0 Å². The Morgan fingerprint density at radius 2 is 2.00 bits per heavy atom. The minimum absolute atomic E-state index is 0.182. The van der Waals surface area contributed by atoms with Crippen molar-refractivity contribution in [1.82, 2.24) is 5.32 Å². The number of ether oxygens (including phenoxy) is 1. The number of hydrogen-bond acceptors (Lipinski definition) is 4. The highest BCUT2D eigenvalue weighted by atomic mass is 19.1. The van der Waals surface area contributed by atoms with E-state index in [4.69, 9.17) is 4.74 Å². The largest absolute Gasteiger partial charge is 0.442 e. The van der Waals surface area contributed by atoms with Crippen LogP contribution in [0.3, 0.4) is 0 Å². The van der Waals surface area contributed by atoms with Crippen molar-refractivity contribution in [3.8, 4) is 0 Å². The SMILES string of the molecule is CC(=O)NC[C@H]1CN(c2ccc(/C=C/C(=O)c3cccc(F)c3)cc2)C(=O)O1. The van der Waals surface area contributed by atoms with Gasteiger partial charge in [-0.05, 0) is 35.9 Å². The summed E-state index contributed by atoms with van der Waals surface area (Å²) in [5, 5.41) is 2.63. The molecule has 0 saturated carbocycles. The van der Waals surface area contributed by atoms with Crippen LogP contribution in [0.25, 0.3) is 6.08 Å². The summed E-state index contributed by atoms with van der Waals surface area (Å²) < 4.78 is 18.4. The van der Waals surface area contributed by atoms with Crippen LogP contribution < -0.4 is 10.2 Å². The molecular weight excluding hydrogens is 363 g/mol. The lowest BCUT2D eigenvalue weighted by Gasteiger charge is -2.13. The average molecular weight is 382 g/mol. The predicted molar refractivity (Wildman–Crippen MR) is 103 cm³/mol. The van der Waals surface area contributed by atoms with Crippen LogP contribution in [0.5, 0.6) is 0 Å². The number of carbonyl (C=O) groups excluding carboxylic acids is 3. The molecular formula is C21H19FN2O4. The van der Waals surface area contributed by atoms with Gasteiger partial charge in [0, 0.05) is 18.2 Å². The van der Waals surface area contributed by atoms with E-state index in [1.54, 1.807) is 36.4 Å². The van der Waals surface area contributed by atoms with Crippen molar-refractivity contribution in [3.05, 3.63) is 71.6 Å². The zero-order valence-corrected chi connectivity index (χ0v) is 15.2. The van der Waals surface area contributed by atoms with Crippen LogP contribution in [0.15, 0.2) is 54.6 Å². The number of amides is 2. The molecule has 0 radical (unpaired) electrons. The molecule has 1 aliphatic rings. The normalized spacial score (nSPS) is 16.3. The van der Waals surface area contributed by atoms with E-state index in [9.17, 15) is 18.8 Å². The number of carbonyl (C=O) groups is 3. The second kappa shape index (κ2) is 8.47. The van der Waals surface area contributed by atoms with Crippen LogP contribution in [0, 0.1) is 5.82 Å². The first-order valence-corrected chi connectivity index (χ1v) is 8.73. The molecule has 2 amide bonds. The van der Waals surface area contributed by atoms with Gasteiger partial charge in [-0.15, -0.1) is 0 Å². The fraction of sp³-hybridized carbons (Fsp3) is 0.190. The lowest BCUT2D eigenvalue weighted by atomic mass is 10.1. The Kier molecular flexibility index (Phi) is 5.84. The summed E-state index contributed by atoms with van der Waals surface area (Å²) in [5.41, 5.74) is 1.69. The maximum atomic E-state index is 13.2. The lowest BCUT2D eigenvalue weighted by molar-refractivity contribution is -0.119. The molecule has 6 nitrogen and oxygen atoms in total. The van der Waals surface area contributed by atoms with Gasteiger partial charge in [0.15, 0.2) is 5.78 Å². The second-order valence-electron chi connectivity index (χ2n) is 6.35. The van der Waals surface area contributed by atoms with Crippen LogP contribution in [0.2, 0.25) is 0 Å². The minimum atomic E-state index is -0.472. The van der Waals surface area contributed by atoms with E-state index in [1.807, 2.05) is 0 Å². The van der Waals surface area contributed by atoms with Gasteiger partial charge in [0.2, 0.25) is 5.91 Å². The number of cyclic esters (lactones) is 1. The van der Waals surface area contributed by atoms with E-state index in [2.05, 4.69) is 5.32 Å². The van der Waals surface area contributed by atoms with E-state index in [1.165, 1.54) is 36.1 Å². The summed E-state index contributed by atoms with van der Waals surface area (Å²) >= 11 is 0. The third kappa shape index (κ3) is 4.82. The number of anilines is 1. The quantitative estimate of drug-likeness (QED) is 0.615. The molecule has 1 fully saturated rings. The molecule has 0 bridgehead atoms. The van der Waals surface area contributed by atoms with Gasteiger partial charge in [0.1, 0.15) is 11.9 Å². The Morgan fingerprint density at radius 3 is 2.68 bits per heavy atom. The third-order valence-corrected chi connectivity index (χ3v) is 4.19. The van der Waals surface area contributed by atoms with Gasteiger partial charge in [0.05, 0.1) is 13.1 Å². The van der Waals surface area contributed by atoms with Crippen molar-refractivity contribution in [2.45, 2.75) is 13.0 Å². The molecule has 7 heteroatoms. The van der Waals surface area contributed by atoms with Crippen LogP contribution in [-0.2, 0) is 9.53 Å². The standard InChI is InChI=1S/C21H19FN2O4/c1-14(25)23-12-19-13-24(21(27)28-19)18-8-5-15(6-9-18)7-10-20(26)16-3-2-4-17(22)11-16/h2-11,19H,12-13H2,1H3,(H,23,25)/b10-7+/t19-/m0/s1. The minimum Gasteiger partial charge on any atom is -0.442 e. The summed E-state index contributed by atoms with van der Waals surface area (Å²) in [5.74, 6) is -0.941. The highest BCUT2D eigenvalue weighted by Gasteiger charge is 2.32. The molecule has 1 heterocycles. The Labute approximate surface area is 161 Å². The molecule has 1 atom stereocenters. The molecule has 0 aromatic heterocycles. The molecule has 1 saturated heterocycles. The second-order valence-corrected chi connectivity index (χ2v) is 6.35. The van der Waals surface area contributed by atoms with Crippen LogP contribution in [0.4, 0.5) is 14.9 Å².